The number of hydrogen-bond acceptors (Lipinski definition) is 6. The zero-order valence-electron chi connectivity index (χ0n) is 22.4. The molecule has 6 rings (SSSR count). The Labute approximate surface area is 245 Å². The fourth-order valence-electron chi connectivity index (χ4n) is 5.62. The normalized spacial score (nSPS) is 14.7. The lowest BCUT2D eigenvalue weighted by molar-refractivity contribution is -0.139. The zero-order chi connectivity index (χ0) is 30.5. The van der Waals surface area contributed by atoms with Crippen LogP contribution < -0.4 is 5.32 Å². The van der Waals surface area contributed by atoms with Crippen LogP contribution in [0.4, 0.5) is 4.39 Å². The number of halogens is 1. The third kappa shape index (κ3) is 4.86. The molecule has 0 fully saturated rings. The van der Waals surface area contributed by atoms with Gasteiger partial charge in [-0.1, -0.05) is 54.6 Å². The summed E-state index contributed by atoms with van der Waals surface area (Å²) in [5.41, 5.74) is 3.44. The molecule has 0 saturated heterocycles. The number of benzene rings is 4. The largest absolute Gasteiger partial charge is 0.479 e. The minimum Gasteiger partial charge on any atom is -0.479 e. The molecule has 2 N–H and O–H groups in total. The van der Waals surface area contributed by atoms with E-state index in [1.54, 1.807) is 54.6 Å². The van der Waals surface area contributed by atoms with Crippen molar-refractivity contribution in [2.45, 2.75) is 23.9 Å². The molecule has 1 aliphatic carbocycles. The van der Waals surface area contributed by atoms with Crippen LogP contribution >= 0.6 is 0 Å². The summed E-state index contributed by atoms with van der Waals surface area (Å²) in [6, 6.07) is 19.6. The van der Waals surface area contributed by atoms with Gasteiger partial charge in [0.25, 0.3) is 5.91 Å². The molecule has 1 atom stereocenters. The van der Waals surface area contributed by atoms with Crippen molar-refractivity contribution in [3.63, 3.8) is 0 Å². The van der Waals surface area contributed by atoms with Gasteiger partial charge >= 0.3 is 5.97 Å². The van der Waals surface area contributed by atoms with E-state index in [9.17, 15) is 32.3 Å². The monoisotopic (exact) mass is 595 g/mol. The van der Waals surface area contributed by atoms with E-state index in [1.807, 2.05) is 0 Å². The van der Waals surface area contributed by atoms with Gasteiger partial charge in [-0.25, -0.2) is 17.6 Å². The number of carboxylic acids is 1. The standard InChI is InChI=1S/C32H22FN3O6S/c33-22-12-18(16-34)13-23(15-22)43(41,42)36-11-10-19-8-9-20(14-21(19)17-36)29(32(39)40)35-31(38)27-7-3-6-26-28(27)24-4-1-2-5-25(24)30(26)37/h1-9,12-15,29H,10-11,17H2,(H,35,38)(H,39,40). The summed E-state index contributed by atoms with van der Waals surface area (Å²) in [4.78, 5) is 38.4. The summed E-state index contributed by atoms with van der Waals surface area (Å²) in [6.07, 6.45) is 0.322. The lowest BCUT2D eigenvalue weighted by Gasteiger charge is -2.29. The van der Waals surface area contributed by atoms with Gasteiger partial charge in [0, 0.05) is 35.3 Å². The minimum atomic E-state index is -4.17. The fraction of sp³-hybridized carbons (Fsp3) is 0.125. The lowest BCUT2D eigenvalue weighted by Crippen LogP contribution is -2.37. The molecule has 1 heterocycles. The van der Waals surface area contributed by atoms with E-state index in [4.69, 9.17) is 5.26 Å². The molecule has 4 aromatic carbocycles. The summed E-state index contributed by atoms with van der Waals surface area (Å²) >= 11 is 0. The molecule has 1 amide bonds. The van der Waals surface area contributed by atoms with E-state index >= 15 is 0 Å². The number of nitrogens with one attached hydrogen (secondary N) is 1. The molecule has 0 radical (unpaired) electrons. The molecular weight excluding hydrogens is 573 g/mol. The van der Waals surface area contributed by atoms with Crippen LogP contribution in [0.5, 0.6) is 0 Å². The predicted molar refractivity (Wildman–Crippen MR) is 152 cm³/mol. The second kappa shape index (κ2) is 10.6. The minimum absolute atomic E-state index is 0.103. The number of nitriles is 1. The van der Waals surface area contributed by atoms with Crippen LogP contribution in [-0.4, -0.2) is 42.0 Å². The summed E-state index contributed by atoms with van der Waals surface area (Å²) in [5.74, 6) is -3.09. The number of sulfonamides is 1. The third-order valence-electron chi connectivity index (χ3n) is 7.70. The molecule has 43 heavy (non-hydrogen) atoms. The Morgan fingerprint density at radius 3 is 2.44 bits per heavy atom. The Morgan fingerprint density at radius 2 is 1.70 bits per heavy atom. The zero-order valence-corrected chi connectivity index (χ0v) is 23.2. The Morgan fingerprint density at radius 1 is 0.953 bits per heavy atom. The summed E-state index contributed by atoms with van der Waals surface area (Å²) < 4.78 is 41.8. The summed E-state index contributed by atoms with van der Waals surface area (Å²) in [7, 11) is -4.17. The van der Waals surface area contributed by atoms with Crippen molar-refractivity contribution in [1.29, 1.82) is 5.26 Å². The highest BCUT2D eigenvalue weighted by Gasteiger charge is 2.33. The maximum Gasteiger partial charge on any atom is 0.330 e. The average molecular weight is 596 g/mol. The van der Waals surface area contributed by atoms with Gasteiger partial charge in [0.05, 0.1) is 16.5 Å². The predicted octanol–water partition coefficient (Wildman–Crippen LogP) is 4.21. The summed E-state index contributed by atoms with van der Waals surface area (Å²) in [5, 5.41) is 21.8. The Balaban J connectivity index is 1.29. The molecule has 2 aliphatic rings. The van der Waals surface area contributed by atoms with E-state index in [2.05, 4.69) is 5.32 Å². The number of fused-ring (bicyclic) bond motifs is 4. The molecule has 0 bridgehead atoms. The first-order valence-electron chi connectivity index (χ1n) is 13.2. The lowest BCUT2D eigenvalue weighted by atomic mass is 9.95. The second-order valence-electron chi connectivity index (χ2n) is 10.3. The molecule has 0 spiro atoms. The fourth-order valence-corrected chi connectivity index (χ4v) is 7.10. The van der Waals surface area contributed by atoms with Crippen LogP contribution in [0.3, 0.4) is 0 Å². The van der Waals surface area contributed by atoms with Gasteiger partial charge in [-0.2, -0.15) is 9.57 Å². The molecule has 11 heteroatoms. The maximum absolute atomic E-state index is 14.0. The van der Waals surface area contributed by atoms with Gasteiger partial charge in [-0.05, 0) is 52.9 Å². The average Bonchev–Trinajstić information content (AvgIpc) is 3.30. The Hall–Kier alpha value is -5.18. The number of aliphatic carboxylic acids is 1. The third-order valence-corrected chi connectivity index (χ3v) is 9.52. The molecule has 4 aromatic rings. The van der Waals surface area contributed by atoms with Crippen LogP contribution in [0, 0.1) is 17.1 Å². The van der Waals surface area contributed by atoms with Crippen molar-refractivity contribution >= 4 is 27.7 Å². The van der Waals surface area contributed by atoms with Gasteiger partial charge in [-0.3, -0.25) is 9.59 Å². The van der Waals surface area contributed by atoms with E-state index in [1.165, 1.54) is 12.1 Å². The van der Waals surface area contributed by atoms with Crippen molar-refractivity contribution in [3.05, 3.63) is 124 Å². The first-order valence-corrected chi connectivity index (χ1v) is 14.7. The van der Waals surface area contributed by atoms with Gasteiger partial charge in [0.2, 0.25) is 10.0 Å². The van der Waals surface area contributed by atoms with E-state index in [0.29, 0.717) is 34.2 Å². The van der Waals surface area contributed by atoms with Gasteiger partial charge in [0.1, 0.15) is 5.82 Å². The molecular formula is C32H22FN3O6S. The van der Waals surface area contributed by atoms with Crippen molar-refractivity contribution in [3.8, 4) is 17.2 Å². The number of carbonyl (C=O) groups excluding carboxylic acids is 2. The van der Waals surface area contributed by atoms with Gasteiger partial charge in [-0.15, -0.1) is 0 Å². The first-order chi connectivity index (χ1) is 20.6. The highest BCUT2D eigenvalue weighted by molar-refractivity contribution is 7.89. The first kappa shape index (κ1) is 28.0. The number of ketones is 1. The summed E-state index contributed by atoms with van der Waals surface area (Å²) in [6.45, 7) is -0.0131. The highest BCUT2D eigenvalue weighted by Crippen LogP contribution is 2.39. The van der Waals surface area contributed by atoms with E-state index in [0.717, 1.165) is 28.1 Å². The number of carbonyl (C=O) groups is 3. The van der Waals surface area contributed by atoms with Crippen molar-refractivity contribution < 1.29 is 32.3 Å². The van der Waals surface area contributed by atoms with Crippen molar-refractivity contribution in [2.24, 2.45) is 0 Å². The number of hydrogen-bond donors (Lipinski definition) is 2. The maximum atomic E-state index is 14.0. The molecule has 1 aliphatic heterocycles. The smallest absolute Gasteiger partial charge is 0.330 e. The number of nitrogens with zero attached hydrogens (tertiary/aromatic N) is 2. The van der Waals surface area contributed by atoms with Crippen LogP contribution in [0.25, 0.3) is 11.1 Å². The van der Waals surface area contributed by atoms with Crippen LogP contribution in [0.2, 0.25) is 0 Å². The number of carboxylic acid groups (broad SMARTS) is 1. The second-order valence-corrected chi connectivity index (χ2v) is 12.2. The number of rotatable bonds is 6. The highest BCUT2D eigenvalue weighted by atomic mass is 32.2. The van der Waals surface area contributed by atoms with Crippen molar-refractivity contribution in [2.75, 3.05) is 6.54 Å². The molecule has 9 nitrogen and oxygen atoms in total. The van der Waals surface area contributed by atoms with Crippen LogP contribution in [0.15, 0.2) is 83.8 Å². The van der Waals surface area contributed by atoms with Gasteiger partial charge < -0.3 is 10.4 Å². The SMILES string of the molecule is N#Cc1cc(F)cc(S(=O)(=O)N2CCc3ccc(C(NC(=O)c4cccc5c4-c4ccccc4C5=O)C(=O)O)cc3C2)c1. The van der Waals surface area contributed by atoms with Crippen molar-refractivity contribution in [1.82, 2.24) is 9.62 Å². The Bertz CT molecular complexity index is 2020. The topological polar surface area (TPSA) is 145 Å². The van der Waals surface area contributed by atoms with E-state index < -0.39 is 33.8 Å². The molecule has 214 valence electrons. The Kier molecular flexibility index (Phi) is 6.88. The van der Waals surface area contributed by atoms with Crippen LogP contribution in [0.1, 0.15) is 54.6 Å². The van der Waals surface area contributed by atoms with Crippen LogP contribution in [-0.2, 0) is 27.8 Å². The van der Waals surface area contributed by atoms with Gasteiger partial charge in [0.15, 0.2) is 11.8 Å². The van der Waals surface area contributed by atoms with E-state index in [-0.39, 0.29) is 40.5 Å². The molecule has 1 unspecified atom stereocenters. The molecule has 0 aromatic heterocycles. The quantitative estimate of drug-likeness (QED) is 0.299. The molecule has 0 saturated carbocycles. The number of amides is 1.